The lowest BCUT2D eigenvalue weighted by Gasteiger charge is -1.94. The maximum absolute atomic E-state index is 10.9. The van der Waals surface area contributed by atoms with Crippen LogP contribution in [0.25, 0.3) is 10.2 Å². The molecule has 0 unspecified atom stereocenters. The first-order valence-corrected chi connectivity index (χ1v) is 6.50. The van der Waals surface area contributed by atoms with Crippen molar-refractivity contribution >= 4 is 31.7 Å². The molecule has 0 amide bonds. The van der Waals surface area contributed by atoms with Crippen molar-refractivity contribution in [2.45, 2.75) is 11.3 Å². The maximum Gasteiger partial charge on any atom is 0.294 e. The first-order valence-electron chi connectivity index (χ1n) is 4.24. The molecule has 1 N–H and O–H groups in total. The van der Waals surface area contributed by atoms with Gasteiger partial charge in [0.2, 0.25) is 0 Å². The van der Waals surface area contributed by atoms with Crippen molar-refractivity contribution in [1.82, 2.24) is 4.98 Å². The molecule has 2 aromatic rings. The van der Waals surface area contributed by atoms with Gasteiger partial charge in [-0.15, -0.1) is 11.3 Å². The van der Waals surface area contributed by atoms with E-state index in [4.69, 9.17) is 9.81 Å². The maximum atomic E-state index is 10.9. The van der Waals surface area contributed by atoms with E-state index in [2.05, 4.69) is 4.98 Å². The van der Waals surface area contributed by atoms with Crippen LogP contribution >= 0.6 is 11.3 Å². The van der Waals surface area contributed by atoms with E-state index >= 15 is 0 Å². The summed E-state index contributed by atoms with van der Waals surface area (Å²) in [4.78, 5) is 3.91. The predicted octanol–water partition coefficient (Wildman–Crippen LogP) is 1.61. The number of rotatable bonds is 2. The van der Waals surface area contributed by atoms with E-state index in [1.807, 2.05) is 6.07 Å². The van der Waals surface area contributed by atoms with E-state index in [1.54, 1.807) is 6.07 Å². The van der Waals surface area contributed by atoms with Crippen LogP contribution < -0.4 is 0 Å². The van der Waals surface area contributed by atoms with Gasteiger partial charge in [0, 0.05) is 0 Å². The minimum absolute atomic E-state index is 0.186. The van der Waals surface area contributed by atoms with E-state index < -0.39 is 10.1 Å². The van der Waals surface area contributed by atoms with Gasteiger partial charge < -0.3 is 0 Å². The zero-order valence-corrected chi connectivity index (χ0v) is 9.55. The Kier molecular flexibility index (Phi) is 2.63. The first kappa shape index (κ1) is 11.0. The van der Waals surface area contributed by atoms with Crippen LogP contribution in [-0.4, -0.2) is 18.0 Å². The van der Waals surface area contributed by atoms with Gasteiger partial charge in [0.1, 0.15) is 5.01 Å². The van der Waals surface area contributed by atoms with Crippen LogP contribution in [0, 0.1) is 11.3 Å². The summed E-state index contributed by atoms with van der Waals surface area (Å²) >= 11 is 1.33. The zero-order chi connectivity index (χ0) is 11.8. The van der Waals surface area contributed by atoms with Crippen molar-refractivity contribution in [2.75, 3.05) is 0 Å². The third kappa shape index (κ3) is 2.04. The van der Waals surface area contributed by atoms with E-state index in [1.165, 1.54) is 23.5 Å². The lowest BCUT2D eigenvalue weighted by molar-refractivity contribution is 0.483. The van der Waals surface area contributed by atoms with Gasteiger partial charge in [-0.3, -0.25) is 4.55 Å². The van der Waals surface area contributed by atoms with Crippen molar-refractivity contribution in [3.8, 4) is 6.07 Å². The Balaban J connectivity index is 2.59. The normalized spacial score (nSPS) is 11.5. The molecule has 0 saturated heterocycles. The van der Waals surface area contributed by atoms with Gasteiger partial charge in [0.25, 0.3) is 10.1 Å². The largest absolute Gasteiger partial charge is 0.294 e. The molecule has 0 aliphatic heterocycles. The summed E-state index contributed by atoms with van der Waals surface area (Å²) in [6.45, 7) is 0. The van der Waals surface area contributed by atoms with Gasteiger partial charge in [-0.2, -0.15) is 13.7 Å². The van der Waals surface area contributed by atoms with Crippen LogP contribution in [0.15, 0.2) is 23.1 Å². The standard InChI is InChI=1S/C9H6N2O3S2/c10-4-3-9-11-7-5-6(16(12,13)14)1-2-8(7)15-9/h1-2,5H,3H2,(H,12,13,14). The summed E-state index contributed by atoms with van der Waals surface area (Å²) in [5.41, 5.74) is 0.477. The van der Waals surface area contributed by atoms with Gasteiger partial charge in [0.05, 0.1) is 27.6 Å². The van der Waals surface area contributed by atoms with Crippen LogP contribution in [-0.2, 0) is 16.5 Å². The van der Waals surface area contributed by atoms with Gasteiger partial charge in [0.15, 0.2) is 0 Å². The minimum atomic E-state index is -4.20. The van der Waals surface area contributed by atoms with Crippen LogP contribution in [0.5, 0.6) is 0 Å². The highest BCUT2D eigenvalue weighted by Gasteiger charge is 2.12. The van der Waals surface area contributed by atoms with E-state index in [0.717, 1.165) is 4.70 Å². The third-order valence-corrected chi connectivity index (χ3v) is 3.82. The predicted molar refractivity (Wildman–Crippen MR) is 58.8 cm³/mol. The van der Waals surface area contributed by atoms with Crippen LogP contribution in [0.2, 0.25) is 0 Å². The van der Waals surface area contributed by atoms with Gasteiger partial charge in [-0.25, -0.2) is 4.98 Å². The molecule has 5 nitrogen and oxygen atoms in total. The monoisotopic (exact) mass is 254 g/mol. The fourth-order valence-electron chi connectivity index (χ4n) is 1.26. The number of benzene rings is 1. The molecule has 0 spiro atoms. The Morgan fingerprint density at radius 2 is 2.25 bits per heavy atom. The van der Waals surface area contributed by atoms with Crippen molar-refractivity contribution in [2.24, 2.45) is 0 Å². The molecule has 7 heteroatoms. The molecule has 0 fully saturated rings. The summed E-state index contributed by atoms with van der Waals surface area (Å²) in [5, 5.41) is 9.14. The lowest BCUT2D eigenvalue weighted by Crippen LogP contribution is -1.97. The van der Waals surface area contributed by atoms with Crippen LogP contribution in [0.3, 0.4) is 0 Å². The Bertz CT molecular complexity index is 682. The Morgan fingerprint density at radius 1 is 1.50 bits per heavy atom. The highest BCUT2D eigenvalue weighted by atomic mass is 32.2. The minimum Gasteiger partial charge on any atom is -0.282 e. The second kappa shape index (κ2) is 3.83. The lowest BCUT2D eigenvalue weighted by atomic mass is 10.3. The topological polar surface area (TPSA) is 91.0 Å². The first-order chi connectivity index (χ1) is 7.50. The Labute approximate surface area is 95.7 Å². The SMILES string of the molecule is N#CCc1nc2cc(S(=O)(=O)O)ccc2s1. The number of nitrogens with zero attached hydrogens (tertiary/aromatic N) is 2. The highest BCUT2D eigenvalue weighted by Crippen LogP contribution is 2.24. The van der Waals surface area contributed by atoms with Crippen molar-refractivity contribution < 1.29 is 13.0 Å². The molecule has 0 bridgehead atoms. The molecular weight excluding hydrogens is 248 g/mol. The number of nitriles is 1. The molecule has 0 atom stereocenters. The molecule has 1 aromatic heterocycles. The second-order valence-electron chi connectivity index (χ2n) is 3.05. The smallest absolute Gasteiger partial charge is 0.282 e. The van der Waals surface area contributed by atoms with E-state index in [0.29, 0.717) is 10.5 Å². The van der Waals surface area contributed by atoms with E-state index in [9.17, 15) is 8.42 Å². The second-order valence-corrected chi connectivity index (χ2v) is 5.58. The molecular formula is C9H6N2O3S2. The number of aromatic nitrogens is 1. The van der Waals surface area contributed by atoms with Crippen molar-refractivity contribution in [3.05, 3.63) is 23.2 Å². The van der Waals surface area contributed by atoms with Gasteiger partial charge in [-0.05, 0) is 18.2 Å². The van der Waals surface area contributed by atoms with Gasteiger partial charge in [-0.1, -0.05) is 0 Å². The average Bonchev–Trinajstić information content (AvgIpc) is 2.57. The van der Waals surface area contributed by atoms with Crippen molar-refractivity contribution in [1.29, 1.82) is 5.26 Å². The number of hydrogen-bond donors (Lipinski definition) is 1. The molecule has 0 saturated carbocycles. The van der Waals surface area contributed by atoms with Crippen molar-refractivity contribution in [3.63, 3.8) is 0 Å². The summed E-state index contributed by atoms with van der Waals surface area (Å²) in [6, 6.07) is 6.14. The molecule has 0 aliphatic rings. The summed E-state index contributed by atoms with van der Waals surface area (Å²) < 4.78 is 31.4. The highest BCUT2D eigenvalue weighted by molar-refractivity contribution is 7.85. The van der Waals surface area contributed by atoms with Crippen LogP contribution in [0.1, 0.15) is 5.01 Å². The fourth-order valence-corrected chi connectivity index (χ4v) is 2.64. The summed E-state index contributed by atoms with van der Waals surface area (Å²) in [7, 11) is -4.20. The average molecular weight is 254 g/mol. The molecule has 16 heavy (non-hydrogen) atoms. The molecule has 82 valence electrons. The Morgan fingerprint density at radius 3 is 2.88 bits per heavy atom. The molecule has 1 heterocycles. The molecule has 1 aromatic carbocycles. The van der Waals surface area contributed by atoms with Crippen LogP contribution in [0.4, 0.5) is 0 Å². The molecule has 2 rings (SSSR count). The summed E-state index contributed by atoms with van der Waals surface area (Å²) in [5.74, 6) is 0. The number of thiazole rings is 1. The molecule has 0 radical (unpaired) electrons. The quantitative estimate of drug-likeness (QED) is 0.822. The summed E-state index contributed by atoms with van der Waals surface area (Å²) in [6.07, 6.45) is 0.195. The number of fused-ring (bicyclic) bond motifs is 1. The third-order valence-electron chi connectivity index (χ3n) is 1.93. The fraction of sp³-hybridized carbons (Fsp3) is 0.111. The Hall–Kier alpha value is -1.49. The molecule has 0 aliphatic carbocycles. The van der Waals surface area contributed by atoms with Gasteiger partial charge >= 0.3 is 0 Å². The van der Waals surface area contributed by atoms with E-state index in [-0.39, 0.29) is 11.3 Å². The number of hydrogen-bond acceptors (Lipinski definition) is 5. The zero-order valence-electron chi connectivity index (χ0n) is 7.91.